The summed E-state index contributed by atoms with van der Waals surface area (Å²) >= 11 is 1.30. The molecule has 0 fully saturated rings. The van der Waals surface area contributed by atoms with Crippen LogP contribution in [0.1, 0.15) is 24.1 Å². The summed E-state index contributed by atoms with van der Waals surface area (Å²) in [6.45, 7) is 2.97. The Balaban J connectivity index is 1.33. The van der Waals surface area contributed by atoms with Gasteiger partial charge in [-0.15, -0.1) is 5.10 Å². The molecule has 0 unspecified atom stereocenters. The summed E-state index contributed by atoms with van der Waals surface area (Å²) in [7, 11) is 0. The van der Waals surface area contributed by atoms with Crippen molar-refractivity contribution in [2.24, 2.45) is 0 Å². The summed E-state index contributed by atoms with van der Waals surface area (Å²) < 4.78 is 1.98. The van der Waals surface area contributed by atoms with E-state index in [0.717, 1.165) is 24.9 Å². The van der Waals surface area contributed by atoms with Crippen LogP contribution in [0.15, 0.2) is 35.5 Å². The van der Waals surface area contributed by atoms with Crippen LogP contribution in [0.2, 0.25) is 0 Å². The first-order chi connectivity index (χ1) is 12.7. The maximum Gasteiger partial charge on any atom is 0.236 e. The van der Waals surface area contributed by atoms with Crippen LogP contribution < -0.4 is 5.32 Å². The lowest BCUT2D eigenvalue weighted by molar-refractivity contribution is -0.113. The average Bonchev–Trinajstić information content (AvgIpc) is 3.27. The summed E-state index contributed by atoms with van der Waals surface area (Å²) in [6, 6.07) is 10.0. The number of hydrogen-bond acceptors (Lipinski definition) is 5. The summed E-state index contributed by atoms with van der Waals surface area (Å²) in [5.41, 5.74) is 3.36. The number of rotatable bonds is 5. The molecule has 0 bridgehead atoms. The number of nitrogens with zero attached hydrogens (tertiary/aromatic N) is 4. The van der Waals surface area contributed by atoms with Crippen molar-refractivity contribution in [3.05, 3.63) is 41.6 Å². The number of amides is 1. The Morgan fingerprint density at radius 3 is 2.96 bits per heavy atom. The van der Waals surface area contributed by atoms with E-state index < -0.39 is 0 Å². The van der Waals surface area contributed by atoms with E-state index in [-0.39, 0.29) is 11.7 Å². The minimum absolute atomic E-state index is 0.105. The van der Waals surface area contributed by atoms with Gasteiger partial charge in [0, 0.05) is 23.9 Å². The number of fused-ring (bicyclic) bond motifs is 1. The molecule has 1 amide bonds. The predicted octanol–water partition coefficient (Wildman–Crippen LogP) is 3.04. The van der Waals surface area contributed by atoms with E-state index in [4.69, 9.17) is 0 Å². The molecule has 0 atom stereocenters. The molecule has 0 saturated carbocycles. The number of carbonyl (C=O) groups excluding carboxylic acids is 1. The predicted molar refractivity (Wildman–Crippen MR) is 101 cm³/mol. The molecule has 4 rings (SSSR count). The van der Waals surface area contributed by atoms with Crippen molar-refractivity contribution in [1.82, 2.24) is 25.0 Å². The summed E-state index contributed by atoms with van der Waals surface area (Å²) in [4.78, 5) is 16.6. The van der Waals surface area contributed by atoms with Gasteiger partial charge in [-0.05, 0) is 26.2 Å². The number of aryl methyl sites for hydroxylation is 3. The summed E-state index contributed by atoms with van der Waals surface area (Å²) in [5.74, 6) is 1.47. The van der Waals surface area contributed by atoms with E-state index in [1.54, 1.807) is 0 Å². The van der Waals surface area contributed by atoms with Gasteiger partial charge in [0.15, 0.2) is 11.6 Å². The van der Waals surface area contributed by atoms with Crippen molar-refractivity contribution < 1.29 is 4.79 Å². The Bertz CT molecular complexity index is 891. The summed E-state index contributed by atoms with van der Waals surface area (Å²) in [6.07, 6.45) is 3.35. The number of nitrogens with one attached hydrogen (secondary N) is 2. The maximum absolute atomic E-state index is 12.2. The van der Waals surface area contributed by atoms with E-state index in [9.17, 15) is 4.79 Å². The number of thioether (sulfide) groups is 1. The number of carbonyl (C=O) groups is 1. The lowest BCUT2D eigenvalue weighted by Gasteiger charge is -2.11. The molecule has 3 aromatic rings. The van der Waals surface area contributed by atoms with Gasteiger partial charge in [-0.3, -0.25) is 14.6 Å². The SMILES string of the molecule is Cc1ccc(-c2nc(SCC(=O)Nc3cc4n(n3)CCCC4)n[nH]2)cc1. The molecule has 134 valence electrons. The Hall–Kier alpha value is -2.61. The van der Waals surface area contributed by atoms with Crippen molar-refractivity contribution in [1.29, 1.82) is 0 Å². The van der Waals surface area contributed by atoms with Crippen molar-refractivity contribution in [3.63, 3.8) is 0 Å². The molecule has 0 radical (unpaired) electrons. The van der Waals surface area contributed by atoms with E-state index in [0.29, 0.717) is 16.8 Å². The quantitative estimate of drug-likeness (QED) is 0.676. The molecule has 8 heteroatoms. The molecule has 2 aromatic heterocycles. The molecule has 0 spiro atoms. The number of benzene rings is 1. The molecular formula is C18H20N6OS. The second-order valence-electron chi connectivity index (χ2n) is 6.37. The first-order valence-electron chi connectivity index (χ1n) is 8.66. The van der Waals surface area contributed by atoms with Crippen LogP contribution in [0.3, 0.4) is 0 Å². The van der Waals surface area contributed by atoms with E-state index in [2.05, 4.69) is 25.6 Å². The Morgan fingerprint density at radius 1 is 1.31 bits per heavy atom. The standard InChI is InChI=1S/C18H20N6OS/c1-12-5-7-13(8-6-12)17-20-18(22-21-17)26-11-16(25)19-15-10-14-4-2-3-9-24(14)23-15/h5-8,10H,2-4,9,11H2,1H3,(H,19,23,25)(H,20,21,22). The molecule has 3 heterocycles. The number of hydrogen-bond donors (Lipinski definition) is 2. The molecular weight excluding hydrogens is 348 g/mol. The van der Waals surface area contributed by atoms with Gasteiger partial charge in [0.25, 0.3) is 0 Å². The maximum atomic E-state index is 12.2. The van der Waals surface area contributed by atoms with Crippen LogP contribution >= 0.6 is 11.8 Å². The highest BCUT2D eigenvalue weighted by Crippen LogP contribution is 2.21. The minimum atomic E-state index is -0.105. The van der Waals surface area contributed by atoms with Crippen molar-refractivity contribution in [2.45, 2.75) is 37.9 Å². The topological polar surface area (TPSA) is 88.5 Å². The highest BCUT2D eigenvalue weighted by atomic mass is 32.2. The number of aromatic nitrogens is 5. The smallest absolute Gasteiger partial charge is 0.236 e. The Labute approximate surface area is 155 Å². The van der Waals surface area contributed by atoms with Gasteiger partial charge in [-0.1, -0.05) is 41.6 Å². The van der Waals surface area contributed by atoms with E-state index in [1.807, 2.05) is 41.9 Å². The van der Waals surface area contributed by atoms with Gasteiger partial charge in [0.2, 0.25) is 11.1 Å². The van der Waals surface area contributed by atoms with Crippen LogP contribution in [0.25, 0.3) is 11.4 Å². The molecule has 7 nitrogen and oxygen atoms in total. The number of H-pyrrole nitrogens is 1. The van der Waals surface area contributed by atoms with Crippen molar-refractivity contribution in [2.75, 3.05) is 11.1 Å². The molecule has 0 saturated heterocycles. The van der Waals surface area contributed by atoms with Crippen molar-refractivity contribution in [3.8, 4) is 11.4 Å². The number of anilines is 1. The Morgan fingerprint density at radius 2 is 2.15 bits per heavy atom. The normalized spacial score (nSPS) is 13.4. The number of aromatic amines is 1. The third-order valence-electron chi connectivity index (χ3n) is 4.31. The Kier molecular flexibility index (Phi) is 4.75. The first-order valence-corrected chi connectivity index (χ1v) is 9.65. The van der Waals surface area contributed by atoms with Crippen LogP contribution in [0.5, 0.6) is 0 Å². The zero-order valence-corrected chi connectivity index (χ0v) is 15.3. The highest BCUT2D eigenvalue weighted by molar-refractivity contribution is 7.99. The molecule has 1 aromatic carbocycles. The van der Waals surface area contributed by atoms with Crippen LogP contribution in [0.4, 0.5) is 5.82 Å². The van der Waals surface area contributed by atoms with E-state index in [1.165, 1.54) is 29.4 Å². The second kappa shape index (κ2) is 7.33. The van der Waals surface area contributed by atoms with Gasteiger partial charge < -0.3 is 5.32 Å². The fourth-order valence-electron chi connectivity index (χ4n) is 2.94. The molecule has 2 N–H and O–H groups in total. The third-order valence-corrected chi connectivity index (χ3v) is 5.15. The molecule has 26 heavy (non-hydrogen) atoms. The van der Waals surface area contributed by atoms with Gasteiger partial charge in [0.05, 0.1) is 5.75 Å². The lowest BCUT2D eigenvalue weighted by atomic mass is 10.1. The van der Waals surface area contributed by atoms with Crippen molar-refractivity contribution >= 4 is 23.5 Å². The minimum Gasteiger partial charge on any atom is -0.308 e. The van der Waals surface area contributed by atoms with Crippen LogP contribution in [-0.2, 0) is 17.8 Å². The van der Waals surface area contributed by atoms with Crippen LogP contribution in [-0.4, -0.2) is 36.6 Å². The molecule has 1 aliphatic rings. The van der Waals surface area contributed by atoms with Gasteiger partial charge in [-0.2, -0.15) is 5.10 Å². The highest BCUT2D eigenvalue weighted by Gasteiger charge is 2.14. The zero-order valence-electron chi connectivity index (χ0n) is 14.5. The first kappa shape index (κ1) is 16.8. The zero-order chi connectivity index (χ0) is 17.9. The van der Waals surface area contributed by atoms with Gasteiger partial charge in [0.1, 0.15) is 0 Å². The molecule has 1 aliphatic heterocycles. The van der Waals surface area contributed by atoms with Gasteiger partial charge >= 0.3 is 0 Å². The average molecular weight is 368 g/mol. The van der Waals surface area contributed by atoms with Gasteiger partial charge in [-0.25, -0.2) is 4.98 Å². The van der Waals surface area contributed by atoms with E-state index >= 15 is 0 Å². The molecule has 0 aliphatic carbocycles. The summed E-state index contributed by atoms with van der Waals surface area (Å²) in [5, 5.41) is 14.9. The second-order valence-corrected chi connectivity index (χ2v) is 7.31. The van der Waals surface area contributed by atoms with Crippen LogP contribution in [0, 0.1) is 6.92 Å². The third kappa shape index (κ3) is 3.80. The lowest BCUT2D eigenvalue weighted by Crippen LogP contribution is -2.15. The largest absolute Gasteiger partial charge is 0.308 e. The fourth-order valence-corrected chi connectivity index (χ4v) is 3.54. The monoisotopic (exact) mass is 368 g/mol. The fraction of sp³-hybridized carbons (Fsp3) is 0.333.